The Morgan fingerprint density at radius 3 is 2.77 bits per heavy atom. The first-order valence-electron chi connectivity index (χ1n) is 11.0. The first-order valence-corrected chi connectivity index (χ1v) is 11.0. The van der Waals surface area contributed by atoms with Crippen molar-refractivity contribution < 1.29 is 14.6 Å². The smallest absolute Gasteiger partial charge is 0.259 e. The molecule has 30 heavy (non-hydrogen) atoms. The van der Waals surface area contributed by atoms with Gasteiger partial charge in [0.15, 0.2) is 0 Å². The van der Waals surface area contributed by atoms with Gasteiger partial charge in [-0.05, 0) is 38.9 Å². The fourth-order valence-corrected chi connectivity index (χ4v) is 3.53. The van der Waals surface area contributed by atoms with Crippen LogP contribution >= 0.6 is 0 Å². The second-order valence-electron chi connectivity index (χ2n) is 8.86. The van der Waals surface area contributed by atoms with E-state index < -0.39 is 0 Å². The van der Waals surface area contributed by atoms with Gasteiger partial charge in [-0.25, -0.2) is 4.98 Å². The number of carbonyl (C=O) groups is 1. The Kier molecular flexibility index (Phi) is 9.13. The lowest BCUT2D eigenvalue weighted by Gasteiger charge is -2.37. The molecule has 1 aliphatic heterocycles. The minimum Gasteiger partial charge on any atom is -0.472 e. The minimum absolute atomic E-state index is 0.0869. The number of aliphatic hydroxyl groups excluding tert-OH is 1. The van der Waals surface area contributed by atoms with Gasteiger partial charge in [0.2, 0.25) is 5.88 Å². The molecule has 2 heterocycles. The molecule has 0 aromatic carbocycles. The molecule has 0 fully saturated rings. The molecule has 0 saturated carbocycles. The Hall–Kier alpha value is -2.10. The van der Waals surface area contributed by atoms with Crippen LogP contribution in [0.2, 0.25) is 0 Å². The summed E-state index contributed by atoms with van der Waals surface area (Å²) in [5.74, 6) is 7.04. The molecule has 1 aromatic rings. The SMILES string of the molecule is CCCN(C)C[C@H]1Oc2ncc(C#CCC(C)C)cc2C(=O)N([C@@H](C)CO)C[C@H]1C. The van der Waals surface area contributed by atoms with Gasteiger partial charge in [-0.15, -0.1) is 0 Å². The van der Waals surface area contributed by atoms with Gasteiger partial charge in [-0.3, -0.25) is 4.79 Å². The average Bonchev–Trinajstić information content (AvgIpc) is 2.70. The number of rotatable bonds is 7. The van der Waals surface area contributed by atoms with Crippen LogP contribution in [0.15, 0.2) is 12.3 Å². The Morgan fingerprint density at radius 2 is 2.13 bits per heavy atom. The number of nitrogens with zero attached hydrogens (tertiary/aromatic N) is 3. The number of aliphatic hydroxyl groups is 1. The molecule has 1 aliphatic rings. The lowest BCUT2D eigenvalue weighted by molar-refractivity contribution is 0.0331. The molecule has 2 rings (SSSR count). The standard InChI is InChI=1S/C24H37N3O3/c1-7-11-26(6)15-22-18(4)14-27(19(5)16-28)24(29)21-12-20(10-8-9-17(2)3)13-25-23(21)30-22/h12-13,17-19,22,28H,7,9,11,14-16H2,1-6H3/t18-,19+,22-/m1/s1. The first-order chi connectivity index (χ1) is 14.3. The summed E-state index contributed by atoms with van der Waals surface area (Å²) < 4.78 is 6.29. The molecule has 1 N–H and O–H groups in total. The Bertz CT molecular complexity index is 769. The van der Waals surface area contributed by atoms with Crippen molar-refractivity contribution in [2.45, 2.75) is 59.6 Å². The molecule has 6 heteroatoms. The summed E-state index contributed by atoms with van der Waals surface area (Å²) in [5, 5.41) is 9.73. The van der Waals surface area contributed by atoms with E-state index >= 15 is 0 Å². The van der Waals surface area contributed by atoms with Gasteiger partial charge in [-0.1, -0.05) is 39.5 Å². The summed E-state index contributed by atoms with van der Waals surface area (Å²) in [5.41, 5.74) is 1.12. The molecule has 1 aromatic heterocycles. The van der Waals surface area contributed by atoms with E-state index in [2.05, 4.69) is 56.5 Å². The Balaban J connectivity index is 2.42. The number of amides is 1. The zero-order valence-corrected chi connectivity index (χ0v) is 19.3. The van der Waals surface area contributed by atoms with Crippen LogP contribution in [0.4, 0.5) is 0 Å². The summed E-state index contributed by atoms with van der Waals surface area (Å²) in [6.07, 6.45) is 3.43. The zero-order valence-electron chi connectivity index (χ0n) is 19.3. The zero-order chi connectivity index (χ0) is 22.3. The molecule has 6 nitrogen and oxygen atoms in total. The van der Waals surface area contributed by atoms with Gasteiger partial charge in [0.05, 0.1) is 12.6 Å². The molecular weight excluding hydrogens is 378 g/mol. The first kappa shape index (κ1) is 24.2. The maximum atomic E-state index is 13.3. The van der Waals surface area contributed by atoms with Crippen molar-refractivity contribution >= 4 is 5.91 Å². The van der Waals surface area contributed by atoms with E-state index in [9.17, 15) is 9.90 Å². The van der Waals surface area contributed by atoms with E-state index in [1.807, 2.05) is 6.92 Å². The van der Waals surface area contributed by atoms with Crippen molar-refractivity contribution in [3.8, 4) is 17.7 Å². The largest absolute Gasteiger partial charge is 0.472 e. The maximum absolute atomic E-state index is 13.3. The summed E-state index contributed by atoms with van der Waals surface area (Å²) in [4.78, 5) is 21.8. The average molecular weight is 416 g/mol. The van der Waals surface area contributed by atoms with Crippen LogP contribution < -0.4 is 4.74 Å². The number of hydrogen-bond acceptors (Lipinski definition) is 5. The molecule has 0 radical (unpaired) electrons. The molecule has 1 amide bonds. The van der Waals surface area contributed by atoms with Gasteiger partial charge in [0, 0.05) is 37.2 Å². The quantitative estimate of drug-likeness (QED) is 0.694. The number of pyridine rings is 1. The van der Waals surface area contributed by atoms with Crippen LogP contribution in [-0.2, 0) is 0 Å². The molecule has 0 saturated heterocycles. The van der Waals surface area contributed by atoms with Crippen molar-refractivity contribution in [1.82, 2.24) is 14.8 Å². The van der Waals surface area contributed by atoms with E-state index in [1.165, 1.54) is 0 Å². The van der Waals surface area contributed by atoms with Crippen molar-refractivity contribution in [2.24, 2.45) is 11.8 Å². The third-order valence-corrected chi connectivity index (χ3v) is 5.36. The summed E-state index contributed by atoms with van der Waals surface area (Å²) in [7, 11) is 2.08. The van der Waals surface area contributed by atoms with Gasteiger partial charge < -0.3 is 19.6 Å². The summed E-state index contributed by atoms with van der Waals surface area (Å²) in [6, 6.07) is 1.49. The maximum Gasteiger partial charge on any atom is 0.259 e. The van der Waals surface area contributed by atoms with E-state index in [4.69, 9.17) is 4.74 Å². The van der Waals surface area contributed by atoms with Gasteiger partial charge in [0.25, 0.3) is 5.91 Å². The lowest BCUT2D eigenvalue weighted by Crippen LogP contribution is -2.50. The van der Waals surface area contributed by atoms with E-state index in [-0.39, 0.29) is 30.6 Å². The molecular formula is C24H37N3O3. The summed E-state index contributed by atoms with van der Waals surface area (Å²) in [6.45, 7) is 12.5. The third-order valence-electron chi connectivity index (χ3n) is 5.36. The van der Waals surface area contributed by atoms with Crippen LogP contribution in [0.3, 0.4) is 0 Å². The third kappa shape index (κ3) is 6.45. The van der Waals surface area contributed by atoms with Crippen molar-refractivity contribution in [3.05, 3.63) is 23.4 Å². The number of likely N-dealkylation sites (N-methyl/N-ethyl adjacent to an activating group) is 1. The van der Waals surface area contributed by atoms with E-state index in [1.54, 1.807) is 17.2 Å². The number of fused-ring (bicyclic) bond motifs is 1. The predicted molar refractivity (Wildman–Crippen MR) is 120 cm³/mol. The number of hydrogen-bond donors (Lipinski definition) is 1. The number of carbonyl (C=O) groups excluding carboxylic acids is 1. The van der Waals surface area contributed by atoms with Crippen LogP contribution in [-0.4, -0.2) is 71.2 Å². The highest BCUT2D eigenvalue weighted by Crippen LogP contribution is 2.27. The highest BCUT2D eigenvalue weighted by atomic mass is 16.5. The predicted octanol–water partition coefficient (Wildman–Crippen LogP) is 3.04. The summed E-state index contributed by atoms with van der Waals surface area (Å²) >= 11 is 0. The molecule has 3 atom stereocenters. The fourth-order valence-electron chi connectivity index (χ4n) is 3.53. The number of ether oxygens (including phenoxy) is 1. The van der Waals surface area contributed by atoms with E-state index in [0.717, 1.165) is 25.9 Å². The Morgan fingerprint density at radius 1 is 1.40 bits per heavy atom. The van der Waals surface area contributed by atoms with Crippen LogP contribution in [0.1, 0.15) is 63.4 Å². The van der Waals surface area contributed by atoms with Crippen molar-refractivity contribution in [2.75, 3.05) is 33.3 Å². The Labute approximate surface area is 181 Å². The minimum atomic E-state index is -0.282. The van der Waals surface area contributed by atoms with E-state index in [0.29, 0.717) is 29.5 Å². The van der Waals surface area contributed by atoms with Crippen molar-refractivity contribution in [3.63, 3.8) is 0 Å². The van der Waals surface area contributed by atoms with Gasteiger partial charge in [-0.2, -0.15) is 0 Å². The van der Waals surface area contributed by atoms with Crippen molar-refractivity contribution in [1.29, 1.82) is 0 Å². The van der Waals surface area contributed by atoms with Gasteiger partial charge in [0.1, 0.15) is 11.7 Å². The lowest BCUT2D eigenvalue weighted by atomic mass is 10.00. The van der Waals surface area contributed by atoms with Crippen LogP contribution in [0.25, 0.3) is 0 Å². The monoisotopic (exact) mass is 415 g/mol. The molecule has 166 valence electrons. The number of aromatic nitrogens is 1. The second-order valence-corrected chi connectivity index (χ2v) is 8.86. The normalized spacial score (nSPS) is 20.2. The molecule has 0 unspecified atom stereocenters. The highest BCUT2D eigenvalue weighted by Gasteiger charge is 2.34. The topological polar surface area (TPSA) is 65.9 Å². The molecule has 0 aliphatic carbocycles. The van der Waals surface area contributed by atoms with Gasteiger partial charge >= 0.3 is 0 Å². The molecule has 0 bridgehead atoms. The molecule has 0 spiro atoms. The van der Waals surface area contributed by atoms with Crippen LogP contribution in [0.5, 0.6) is 5.88 Å². The highest BCUT2D eigenvalue weighted by molar-refractivity contribution is 5.97. The van der Waals surface area contributed by atoms with Crippen LogP contribution in [0, 0.1) is 23.7 Å². The second kappa shape index (κ2) is 11.3. The fraction of sp³-hybridized carbons (Fsp3) is 0.667.